The molecule has 1 fully saturated rings. The Labute approximate surface area is 101 Å². The Bertz CT molecular complexity index is 210. The van der Waals surface area contributed by atoms with Crippen molar-refractivity contribution in [2.75, 3.05) is 26.2 Å². The number of hydrogen-bond donors (Lipinski definition) is 2. The van der Waals surface area contributed by atoms with Crippen molar-refractivity contribution >= 4 is 0 Å². The molecule has 0 aromatic carbocycles. The summed E-state index contributed by atoms with van der Waals surface area (Å²) < 4.78 is 35.7. The molecular weight excluding hydrogens is 229 g/mol. The number of halogens is 3. The van der Waals surface area contributed by atoms with Crippen LogP contribution in [0.4, 0.5) is 13.2 Å². The van der Waals surface area contributed by atoms with Gasteiger partial charge in [-0.15, -0.1) is 0 Å². The van der Waals surface area contributed by atoms with Gasteiger partial charge in [-0.3, -0.25) is 0 Å². The number of rotatable bonds is 7. The standard InChI is InChI=1S/C12H23F3N2/c1-2-11(6-8-17-10-11)9-16-7-4-3-5-12(13,14)15/h16-17H,2-10H2,1H3. The van der Waals surface area contributed by atoms with E-state index in [1.165, 1.54) is 6.42 Å². The molecule has 0 aliphatic carbocycles. The Morgan fingerprint density at radius 1 is 1.29 bits per heavy atom. The minimum Gasteiger partial charge on any atom is -0.316 e. The monoisotopic (exact) mass is 252 g/mol. The molecular formula is C12H23F3N2. The molecule has 1 saturated heterocycles. The van der Waals surface area contributed by atoms with Gasteiger partial charge in [0.1, 0.15) is 0 Å². The van der Waals surface area contributed by atoms with Crippen molar-refractivity contribution in [2.45, 2.75) is 45.2 Å². The number of alkyl halides is 3. The van der Waals surface area contributed by atoms with Crippen LogP contribution in [0.1, 0.15) is 39.0 Å². The molecule has 1 aliphatic rings. The highest BCUT2D eigenvalue weighted by molar-refractivity contribution is 4.88. The normalized spacial score (nSPS) is 25.4. The molecule has 2 nitrogen and oxygen atoms in total. The average molecular weight is 252 g/mol. The summed E-state index contributed by atoms with van der Waals surface area (Å²) in [5.74, 6) is 0. The van der Waals surface area contributed by atoms with Crippen molar-refractivity contribution in [1.29, 1.82) is 0 Å². The highest BCUT2D eigenvalue weighted by Crippen LogP contribution is 2.28. The largest absolute Gasteiger partial charge is 0.389 e. The maximum Gasteiger partial charge on any atom is 0.389 e. The van der Waals surface area contributed by atoms with Crippen LogP contribution < -0.4 is 10.6 Å². The third-order valence-corrected chi connectivity index (χ3v) is 3.65. The Morgan fingerprint density at radius 2 is 2.06 bits per heavy atom. The van der Waals surface area contributed by atoms with Crippen LogP contribution in [0.5, 0.6) is 0 Å². The summed E-state index contributed by atoms with van der Waals surface area (Å²) >= 11 is 0. The Morgan fingerprint density at radius 3 is 2.59 bits per heavy atom. The summed E-state index contributed by atoms with van der Waals surface area (Å²) in [6.45, 7) is 5.88. The highest BCUT2D eigenvalue weighted by atomic mass is 19.4. The minimum atomic E-state index is -4.00. The maximum absolute atomic E-state index is 11.9. The van der Waals surface area contributed by atoms with Gasteiger partial charge in [0.15, 0.2) is 0 Å². The molecule has 2 N–H and O–H groups in total. The zero-order chi connectivity index (χ0) is 12.8. The fourth-order valence-electron chi connectivity index (χ4n) is 2.30. The molecule has 0 spiro atoms. The minimum absolute atomic E-state index is 0.230. The zero-order valence-electron chi connectivity index (χ0n) is 10.5. The summed E-state index contributed by atoms with van der Waals surface area (Å²) in [5.41, 5.74) is 0.323. The number of nitrogens with one attached hydrogen (secondary N) is 2. The van der Waals surface area contributed by atoms with Crippen LogP contribution in [0.3, 0.4) is 0 Å². The van der Waals surface area contributed by atoms with E-state index in [0.29, 0.717) is 18.4 Å². The first-order valence-corrected chi connectivity index (χ1v) is 6.46. The Kier molecular flexibility index (Phi) is 5.73. The van der Waals surface area contributed by atoms with Crippen LogP contribution in [0, 0.1) is 5.41 Å². The fourth-order valence-corrected chi connectivity index (χ4v) is 2.30. The van der Waals surface area contributed by atoms with Crippen LogP contribution in [-0.4, -0.2) is 32.4 Å². The maximum atomic E-state index is 11.9. The summed E-state index contributed by atoms with van der Waals surface area (Å²) in [7, 11) is 0. The molecule has 0 saturated carbocycles. The van der Waals surface area contributed by atoms with Crippen molar-refractivity contribution in [1.82, 2.24) is 10.6 Å². The van der Waals surface area contributed by atoms with Gasteiger partial charge >= 0.3 is 6.18 Å². The highest BCUT2D eigenvalue weighted by Gasteiger charge is 2.31. The lowest BCUT2D eigenvalue weighted by Gasteiger charge is -2.27. The topological polar surface area (TPSA) is 24.1 Å². The van der Waals surface area contributed by atoms with E-state index >= 15 is 0 Å². The third-order valence-electron chi connectivity index (χ3n) is 3.65. The lowest BCUT2D eigenvalue weighted by Crippen LogP contribution is -2.36. The van der Waals surface area contributed by atoms with E-state index in [-0.39, 0.29) is 6.42 Å². The fraction of sp³-hybridized carbons (Fsp3) is 1.00. The first kappa shape index (κ1) is 14.8. The third kappa shape index (κ3) is 5.73. The predicted molar refractivity (Wildman–Crippen MR) is 63.0 cm³/mol. The van der Waals surface area contributed by atoms with Gasteiger partial charge in [0, 0.05) is 19.5 Å². The summed E-state index contributed by atoms with van der Waals surface area (Å²) in [6, 6.07) is 0. The first-order valence-electron chi connectivity index (χ1n) is 6.46. The van der Waals surface area contributed by atoms with Gasteiger partial charge < -0.3 is 10.6 Å². The van der Waals surface area contributed by atoms with Gasteiger partial charge in [-0.05, 0) is 44.2 Å². The predicted octanol–water partition coefficient (Wildman–Crippen LogP) is 2.70. The smallest absolute Gasteiger partial charge is 0.316 e. The second-order valence-electron chi connectivity index (χ2n) is 5.03. The lowest BCUT2D eigenvalue weighted by molar-refractivity contribution is -0.135. The molecule has 0 amide bonds. The van der Waals surface area contributed by atoms with E-state index in [2.05, 4.69) is 17.6 Å². The van der Waals surface area contributed by atoms with Crippen LogP contribution in [0.15, 0.2) is 0 Å². The summed E-state index contributed by atoms with van der Waals surface area (Å²) in [4.78, 5) is 0. The van der Waals surface area contributed by atoms with E-state index in [1.54, 1.807) is 0 Å². The number of unbranched alkanes of at least 4 members (excludes halogenated alkanes) is 1. The van der Waals surface area contributed by atoms with Crippen molar-refractivity contribution in [3.8, 4) is 0 Å². The van der Waals surface area contributed by atoms with E-state index in [0.717, 1.165) is 26.1 Å². The molecule has 0 aromatic heterocycles. The molecule has 17 heavy (non-hydrogen) atoms. The molecule has 102 valence electrons. The van der Waals surface area contributed by atoms with Crippen molar-refractivity contribution < 1.29 is 13.2 Å². The first-order chi connectivity index (χ1) is 7.97. The second kappa shape index (κ2) is 6.59. The molecule has 0 radical (unpaired) electrons. The van der Waals surface area contributed by atoms with Crippen molar-refractivity contribution in [3.63, 3.8) is 0 Å². The molecule has 1 unspecified atom stereocenters. The average Bonchev–Trinajstić information content (AvgIpc) is 2.71. The van der Waals surface area contributed by atoms with Gasteiger partial charge in [-0.1, -0.05) is 6.92 Å². The van der Waals surface area contributed by atoms with Crippen LogP contribution in [0.2, 0.25) is 0 Å². The molecule has 1 heterocycles. The van der Waals surface area contributed by atoms with E-state index in [4.69, 9.17) is 0 Å². The quantitative estimate of drug-likeness (QED) is 0.681. The molecule has 0 bridgehead atoms. The van der Waals surface area contributed by atoms with Crippen molar-refractivity contribution in [3.05, 3.63) is 0 Å². The zero-order valence-corrected chi connectivity index (χ0v) is 10.5. The summed E-state index contributed by atoms with van der Waals surface area (Å²) in [6.07, 6.45) is -1.54. The molecule has 5 heteroatoms. The van der Waals surface area contributed by atoms with Crippen LogP contribution >= 0.6 is 0 Å². The van der Waals surface area contributed by atoms with Gasteiger partial charge in [0.25, 0.3) is 0 Å². The molecule has 1 rings (SSSR count). The van der Waals surface area contributed by atoms with Crippen LogP contribution in [-0.2, 0) is 0 Å². The SMILES string of the molecule is CCC1(CNCCCCC(F)(F)F)CCNC1. The van der Waals surface area contributed by atoms with Gasteiger partial charge in [0.2, 0.25) is 0 Å². The molecule has 1 atom stereocenters. The summed E-state index contributed by atoms with van der Waals surface area (Å²) in [5, 5.41) is 6.65. The molecule has 0 aromatic rings. The van der Waals surface area contributed by atoms with Gasteiger partial charge in [-0.2, -0.15) is 13.2 Å². The van der Waals surface area contributed by atoms with Crippen molar-refractivity contribution in [2.24, 2.45) is 5.41 Å². The Hall–Kier alpha value is -0.290. The van der Waals surface area contributed by atoms with Gasteiger partial charge in [0.05, 0.1) is 0 Å². The van der Waals surface area contributed by atoms with E-state index in [1.807, 2.05) is 0 Å². The molecule has 1 aliphatic heterocycles. The lowest BCUT2D eigenvalue weighted by atomic mass is 9.84. The van der Waals surface area contributed by atoms with Crippen LogP contribution in [0.25, 0.3) is 0 Å². The number of hydrogen-bond acceptors (Lipinski definition) is 2. The van der Waals surface area contributed by atoms with Gasteiger partial charge in [-0.25, -0.2) is 0 Å². The van der Waals surface area contributed by atoms with E-state index < -0.39 is 12.6 Å². The van der Waals surface area contributed by atoms with E-state index in [9.17, 15) is 13.2 Å². The second-order valence-corrected chi connectivity index (χ2v) is 5.03. The Balaban J connectivity index is 2.04.